The highest BCUT2D eigenvalue weighted by molar-refractivity contribution is 7.78. The summed E-state index contributed by atoms with van der Waals surface area (Å²) in [6, 6.07) is 8.00. The summed E-state index contributed by atoms with van der Waals surface area (Å²) in [6.07, 6.45) is 7.06. The van der Waals surface area contributed by atoms with Gasteiger partial charge in [0.05, 0.1) is 10.8 Å². The second-order valence-electron chi connectivity index (χ2n) is 4.75. The maximum atomic E-state index is 6.17. The van der Waals surface area contributed by atoms with Gasteiger partial charge in [0.2, 0.25) is 0 Å². The minimum atomic E-state index is 0.111. The maximum Gasteiger partial charge on any atom is 0.0739 e. The third kappa shape index (κ3) is 6.60. The van der Waals surface area contributed by atoms with E-state index in [1.807, 2.05) is 24.3 Å². The van der Waals surface area contributed by atoms with Crippen molar-refractivity contribution in [1.82, 2.24) is 0 Å². The molecule has 0 saturated carbocycles. The van der Waals surface area contributed by atoms with Crippen LogP contribution in [0.5, 0.6) is 0 Å². The van der Waals surface area contributed by atoms with Gasteiger partial charge in [0.25, 0.3) is 0 Å². The van der Waals surface area contributed by atoms with Crippen LogP contribution in [0.1, 0.15) is 50.1 Å². The van der Waals surface area contributed by atoms with Crippen molar-refractivity contribution in [2.24, 2.45) is 16.5 Å². The number of aliphatic imine (C=N–C) groups is 1. The number of benzene rings is 1. The first-order valence-corrected chi connectivity index (χ1v) is 7.32. The van der Waals surface area contributed by atoms with Gasteiger partial charge in [-0.1, -0.05) is 37.8 Å². The lowest BCUT2D eigenvalue weighted by atomic mass is 10.0. The summed E-state index contributed by atoms with van der Waals surface area (Å²) in [5, 5.41) is 2.36. The van der Waals surface area contributed by atoms with E-state index in [9.17, 15) is 0 Å². The molecule has 1 unspecified atom stereocenters. The predicted octanol–water partition coefficient (Wildman–Crippen LogP) is 3.72. The maximum absolute atomic E-state index is 6.17. The van der Waals surface area contributed by atoms with Crippen molar-refractivity contribution < 1.29 is 0 Å². The Morgan fingerprint density at radius 3 is 2.32 bits per heavy atom. The largest absolute Gasteiger partial charge is 0.330 e. The van der Waals surface area contributed by atoms with Gasteiger partial charge >= 0.3 is 0 Å². The average Bonchev–Trinajstić information content (AvgIpc) is 2.43. The number of rotatable bonds is 9. The van der Waals surface area contributed by atoms with Crippen LogP contribution >= 0.6 is 12.2 Å². The minimum absolute atomic E-state index is 0.111. The van der Waals surface area contributed by atoms with Crippen LogP contribution in [-0.4, -0.2) is 11.7 Å². The summed E-state index contributed by atoms with van der Waals surface area (Å²) in [4.78, 5) is 3.92. The zero-order valence-electron chi connectivity index (χ0n) is 11.3. The van der Waals surface area contributed by atoms with Gasteiger partial charge in [0, 0.05) is 6.04 Å². The van der Waals surface area contributed by atoms with Crippen LogP contribution in [-0.2, 0) is 0 Å². The molecular formula is C15H23N3S. The molecule has 0 heterocycles. The fourth-order valence-corrected chi connectivity index (χ4v) is 2.16. The van der Waals surface area contributed by atoms with E-state index in [0.29, 0.717) is 0 Å². The van der Waals surface area contributed by atoms with Crippen molar-refractivity contribution in [2.45, 2.75) is 44.6 Å². The fraction of sp³-hybridized carbons (Fsp3) is 0.533. The van der Waals surface area contributed by atoms with E-state index >= 15 is 0 Å². The molecule has 0 amide bonds. The number of thiocarbonyl (C=S) groups is 1. The zero-order valence-corrected chi connectivity index (χ0v) is 12.2. The monoisotopic (exact) mass is 277 g/mol. The van der Waals surface area contributed by atoms with Gasteiger partial charge in [0.1, 0.15) is 0 Å². The molecule has 1 aromatic carbocycles. The smallest absolute Gasteiger partial charge is 0.0739 e. The highest BCUT2D eigenvalue weighted by Gasteiger charge is 2.05. The summed E-state index contributed by atoms with van der Waals surface area (Å²) in [5.74, 6) is 0. The van der Waals surface area contributed by atoms with Crippen molar-refractivity contribution in [3.05, 3.63) is 29.8 Å². The van der Waals surface area contributed by atoms with Gasteiger partial charge in [-0.25, -0.2) is 0 Å². The van der Waals surface area contributed by atoms with E-state index in [1.165, 1.54) is 25.7 Å². The highest BCUT2D eigenvalue weighted by atomic mass is 32.1. The van der Waals surface area contributed by atoms with Crippen LogP contribution in [0, 0.1) is 0 Å². The Morgan fingerprint density at radius 1 is 1.05 bits per heavy atom. The number of unbranched alkanes of at least 4 members (excludes halogenated alkanes) is 4. The Bertz CT molecular complexity index is 396. The van der Waals surface area contributed by atoms with Crippen molar-refractivity contribution in [2.75, 3.05) is 6.54 Å². The first kappa shape index (κ1) is 16.0. The first-order valence-electron chi connectivity index (χ1n) is 6.91. The highest BCUT2D eigenvalue weighted by Crippen LogP contribution is 2.20. The summed E-state index contributed by atoms with van der Waals surface area (Å²) in [6.45, 7) is 0.802. The lowest BCUT2D eigenvalue weighted by Crippen LogP contribution is -2.09. The minimum Gasteiger partial charge on any atom is -0.330 e. The summed E-state index contributed by atoms with van der Waals surface area (Å²) in [5.41, 5.74) is 13.6. The van der Waals surface area contributed by atoms with Gasteiger partial charge in [-0.15, -0.1) is 0 Å². The third-order valence-corrected chi connectivity index (χ3v) is 3.31. The molecule has 0 aromatic heterocycles. The van der Waals surface area contributed by atoms with Gasteiger partial charge in [0.15, 0.2) is 0 Å². The Labute approximate surface area is 121 Å². The Morgan fingerprint density at radius 2 is 1.68 bits per heavy atom. The molecule has 4 heteroatoms. The number of hydrogen-bond acceptors (Lipinski definition) is 4. The third-order valence-electron chi connectivity index (χ3n) is 3.22. The number of nitrogens with zero attached hydrogens (tertiary/aromatic N) is 1. The normalized spacial score (nSPS) is 11.9. The lowest BCUT2D eigenvalue weighted by molar-refractivity contribution is 0.551. The summed E-state index contributed by atoms with van der Waals surface area (Å²) in [7, 11) is 0. The van der Waals surface area contributed by atoms with Crippen LogP contribution in [0.4, 0.5) is 5.69 Å². The summed E-state index contributed by atoms with van der Waals surface area (Å²) < 4.78 is 0. The van der Waals surface area contributed by atoms with Crippen LogP contribution in [0.25, 0.3) is 0 Å². The quantitative estimate of drug-likeness (QED) is 0.411. The van der Waals surface area contributed by atoms with Crippen molar-refractivity contribution in [1.29, 1.82) is 0 Å². The number of hydrogen-bond donors (Lipinski definition) is 2. The molecule has 0 fully saturated rings. The van der Waals surface area contributed by atoms with Gasteiger partial charge in [-0.05, 0) is 49.3 Å². The molecule has 0 radical (unpaired) electrons. The number of isothiocyanates is 1. The van der Waals surface area contributed by atoms with E-state index in [2.05, 4.69) is 22.4 Å². The van der Waals surface area contributed by atoms with E-state index in [4.69, 9.17) is 11.5 Å². The molecule has 19 heavy (non-hydrogen) atoms. The lowest BCUT2D eigenvalue weighted by Gasteiger charge is -2.11. The molecular weight excluding hydrogens is 254 g/mol. The van der Waals surface area contributed by atoms with E-state index < -0.39 is 0 Å². The molecule has 0 spiro atoms. The molecule has 0 saturated heterocycles. The van der Waals surface area contributed by atoms with E-state index in [0.717, 1.165) is 30.6 Å². The van der Waals surface area contributed by atoms with E-state index in [1.54, 1.807) is 0 Å². The molecule has 0 aliphatic heterocycles. The van der Waals surface area contributed by atoms with Crippen LogP contribution in [0.3, 0.4) is 0 Å². The SMILES string of the molecule is NCCCCCCCC(N)c1ccc(N=C=S)cc1. The Balaban J connectivity index is 2.28. The second-order valence-corrected chi connectivity index (χ2v) is 4.93. The summed E-state index contributed by atoms with van der Waals surface area (Å²) >= 11 is 4.57. The number of nitrogens with two attached hydrogens (primary N) is 2. The first-order chi connectivity index (χ1) is 9.27. The van der Waals surface area contributed by atoms with Crippen LogP contribution in [0.2, 0.25) is 0 Å². The standard InChI is InChI=1S/C15H23N3S/c16-11-5-3-1-2-4-6-15(17)13-7-9-14(10-8-13)18-12-19/h7-10,15H,1-6,11,16-17H2. The molecule has 1 rings (SSSR count). The average molecular weight is 277 g/mol. The second kappa shape index (κ2) is 9.82. The van der Waals surface area contributed by atoms with Gasteiger partial charge < -0.3 is 11.5 Å². The molecule has 0 aliphatic rings. The predicted molar refractivity (Wildman–Crippen MR) is 84.8 cm³/mol. The van der Waals surface area contributed by atoms with E-state index in [-0.39, 0.29) is 6.04 Å². The van der Waals surface area contributed by atoms with Crippen molar-refractivity contribution in [3.8, 4) is 0 Å². The molecule has 104 valence electrons. The molecule has 4 N–H and O–H groups in total. The zero-order chi connectivity index (χ0) is 13.9. The van der Waals surface area contributed by atoms with Crippen molar-refractivity contribution in [3.63, 3.8) is 0 Å². The molecule has 0 aliphatic carbocycles. The molecule has 1 aromatic rings. The molecule has 0 bridgehead atoms. The Hall–Kier alpha value is -1.06. The van der Waals surface area contributed by atoms with Crippen molar-refractivity contribution >= 4 is 23.1 Å². The topological polar surface area (TPSA) is 64.4 Å². The van der Waals surface area contributed by atoms with Gasteiger partial charge in [-0.2, -0.15) is 4.99 Å². The van der Waals surface area contributed by atoms with Gasteiger partial charge in [-0.3, -0.25) is 0 Å². The molecule has 3 nitrogen and oxygen atoms in total. The van der Waals surface area contributed by atoms with Crippen LogP contribution in [0.15, 0.2) is 29.3 Å². The Kier molecular flexibility index (Phi) is 8.26. The fourth-order valence-electron chi connectivity index (χ4n) is 2.05. The van der Waals surface area contributed by atoms with Crippen LogP contribution < -0.4 is 11.5 Å². The molecule has 1 atom stereocenters.